The molecule has 1 aromatic carbocycles. The zero-order chi connectivity index (χ0) is 11.6. The van der Waals surface area contributed by atoms with Gasteiger partial charge in [0, 0.05) is 6.04 Å². The fourth-order valence-corrected chi connectivity index (χ4v) is 4.27. The third kappa shape index (κ3) is 2.95. The Balaban J connectivity index is 2.10. The quantitative estimate of drug-likeness (QED) is 0.720. The number of likely N-dealkylation sites (tertiary alicyclic amines) is 1. The van der Waals surface area contributed by atoms with E-state index in [-0.39, 0.29) is 0 Å². The first-order valence-corrected chi connectivity index (χ1v) is 10.1. The van der Waals surface area contributed by atoms with Crippen molar-refractivity contribution in [2.75, 3.05) is 12.7 Å². The van der Waals surface area contributed by atoms with Crippen molar-refractivity contribution in [1.82, 2.24) is 4.90 Å². The van der Waals surface area contributed by atoms with Crippen LogP contribution in [0.25, 0.3) is 0 Å². The van der Waals surface area contributed by atoms with Crippen molar-refractivity contribution in [1.29, 1.82) is 0 Å². The molecule has 1 saturated heterocycles. The fourth-order valence-electron chi connectivity index (χ4n) is 2.68. The smallest absolute Gasteiger partial charge is 0.0599 e. The fraction of sp³-hybridized carbons (Fsp3) is 0.571. The van der Waals surface area contributed by atoms with Crippen molar-refractivity contribution in [2.24, 2.45) is 0 Å². The average molecular weight is 233 g/mol. The number of nitrogens with zero attached hydrogens (tertiary/aromatic N) is 1. The number of hydrogen-bond acceptors (Lipinski definition) is 1. The molecule has 1 fully saturated rings. The molecule has 1 atom stereocenters. The largest absolute Gasteiger partial charge is 0.299 e. The van der Waals surface area contributed by atoms with Gasteiger partial charge in [0.15, 0.2) is 0 Å². The van der Waals surface area contributed by atoms with Gasteiger partial charge in [-0.05, 0) is 31.1 Å². The zero-order valence-corrected chi connectivity index (χ0v) is 11.7. The van der Waals surface area contributed by atoms with Gasteiger partial charge in [0.2, 0.25) is 0 Å². The molecule has 1 aromatic rings. The van der Waals surface area contributed by atoms with Gasteiger partial charge in [-0.2, -0.15) is 0 Å². The molecule has 1 unspecified atom stereocenters. The molecule has 1 heterocycles. The maximum absolute atomic E-state index is 2.71. The second kappa shape index (κ2) is 4.72. The number of rotatable bonds is 3. The van der Waals surface area contributed by atoms with E-state index >= 15 is 0 Å². The van der Waals surface area contributed by atoms with E-state index in [4.69, 9.17) is 0 Å². The lowest BCUT2D eigenvalue weighted by Crippen LogP contribution is -2.39. The molecule has 1 aliphatic heterocycles. The molecule has 0 spiro atoms. The molecule has 0 aromatic heterocycles. The lowest BCUT2D eigenvalue weighted by molar-refractivity contribution is 0.295. The van der Waals surface area contributed by atoms with E-state index in [1.54, 1.807) is 0 Å². The van der Waals surface area contributed by atoms with Gasteiger partial charge in [-0.25, -0.2) is 0 Å². The van der Waals surface area contributed by atoms with Gasteiger partial charge < -0.3 is 0 Å². The number of hydrogen-bond donors (Lipinski definition) is 0. The van der Waals surface area contributed by atoms with Crippen molar-refractivity contribution >= 4 is 8.07 Å². The molecule has 0 N–H and O–H groups in total. The monoisotopic (exact) mass is 233 g/mol. The molecule has 0 amide bonds. The van der Waals surface area contributed by atoms with Gasteiger partial charge in [0.05, 0.1) is 8.07 Å². The Hall–Kier alpha value is -0.603. The van der Waals surface area contributed by atoms with Crippen molar-refractivity contribution in [3.05, 3.63) is 35.9 Å². The van der Waals surface area contributed by atoms with Crippen molar-refractivity contribution < 1.29 is 0 Å². The summed E-state index contributed by atoms with van der Waals surface area (Å²) >= 11 is 0. The third-order valence-corrected chi connectivity index (χ3v) is 4.58. The minimum atomic E-state index is -0.971. The van der Waals surface area contributed by atoms with Crippen LogP contribution >= 0.6 is 0 Å². The highest BCUT2D eigenvalue weighted by molar-refractivity contribution is 6.76. The van der Waals surface area contributed by atoms with Crippen molar-refractivity contribution in [3.8, 4) is 0 Å². The van der Waals surface area contributed by atoms with Gasteiger partial charge in [0.25, 0.3) is 0 Å². The topological polar surface area (TPSA) is 3.24 Å². The van der Waals surface area contributed by atoms with E-state index in [0.717, 1.165) is 0 Å². The Labute approximate surface area is 100 Å². The molecule has 2 rings (SSSR count). The van der Waals surface area contributed by atoms with Gasteiger partial charge in [-0.3, -0.25) is 4.90 Å². The molecule has 1 nitrogen and oxygen atoms in total. The summed E-state index contributed by atoms with van der Waals surface area (Å²) in [6, 6.07) is 11.7. The molecule has 88 valence electrons. The molecule has 2 heteroatoms. The predicted molar refractivity (Wildman–Crippen MR) is 73.3 cm³/mol. The SMILES string of the molecule is C[Si](C)(C)CN1CCCC1c1ccccc1. The summed E-state index contributed by atoms with van der Waals surface area (Å²) in [5.74, 6) is 0. The van der Waals surface area contributed by atoms with Crippen LogP contribution in [0.4, 0.5) is 0 Å². The highest BCUT2D eigenvalue weighted by Gasteiger charge is 2.29. The van der Waals surface area contributed by atoms with Crippen molar-refractivity contribution in [3.63, 3.8) is 0 Å². The second-order valence-electron chi connectivity index (χ2n) is 6.10. The predicted octanol–water partition coefficient (Wildman–Crippen LogP) is 3.70. The van der Waals surface area contributed by atoms with Crippen LogP contribution in [0.5, 0.6) is 0 Å². The molecule has 0 saturated carbocycles. The van der Waals surface area contributed by atoms with Crippen LogP contribution < -0.4 is 0 Å². The molecular weight excluding hydrogens is 210 g/mol. The Morgan fingerprint density at radius 2 is 1.88 bits per heavy atom. The summed E-state index contributed by atoms with van der Waals surface area (Å²) in [6.07, 6.45) is 4.05. The van der Waals surface area contributed by atoms with E-state index in [9.17, 15) is 0 Å². The minimum absolute atomic E-state index is 0.688. The van der Waals surface area contributed by atoms with Gasteiger partial charge in [-0.1, -0.05) is 50.0 Å². The minimum Gasteiger partial charge on any atom is -0.299 e. The second-order valence-corrected chi connectivity index (χ2v) is 11.5. The van der Waals surface area contributed by atoms with E-state index in [1.165, 1.54) is 31.1 Å². The summed E-state index contributed by atoms with van der Waals surface area (Å²) in [5.41, 5.74) is 1.51. The molecule has 0 radical (unpaired) electrons. The maximum Gasteiger partial charge on any atom is 0.0599 e. The van der Waals surface area contributed by atoms with Gasteiger partial charge >= 0.3 is 0 Å². The molecule has 1 aliphatic rings. The van der Waals surface area contributed by atoms with E-state index < -0.39 is 8.07 Å². The van der Waals surface area contributed by atoms with E-state index in [1.807, 2.05) is 0 Å². The molecule has 0 bridgehead atoms. The standard InChI is InChI=1S/C14H23NSi/c1-16(2,3)12-15-11-7-10-14(15)13-8-5-4-6-9-13/h4-6,8-9,14H,7,10-12H2,1-3H3. The summed E-state index contributed by atoms with van der Waals surface area (Å²) in [5, 5.41) is 0. The van der Waals surface area contributed by atoms with E-state index in [2.05, 4.69) is 54.9 Å². The summed E-state index contributed by atoms with van der Waals surface area (Å²) in [4.78, 5) is 2.71. The zero-order valence-electron chi connectivity index (χ0n) is 10.7. The van der Waals surface area contributed by atoms with Gasteiger partial charge in [0.1, 0.15) is 0 Å². The summed E-state index contributed by atoms with van der Waals surface area (Å²) < 4.78 is 0. The average Bonchev–Trinajstić information content (AvgIpc) is 2.64. The summed E-state index contributed by atoms with van der Waals surface area (Å²) in [7, 11) is -0.971. The van der Waals surface area contributed by atoms with Crippen LogP contribution in [0.3, 0.4) is 0 Å². The van der Waals surface area contributed by atoms with Crippen LogP contribution in [-0.2, 0) is 0 Å². The van der Waals surface area contributed by atoms with E-state index in [0.29, 0.717) is 6.04 Å². The Morgan fingerprint density at radius 3 is 2.50 bits per heavy atom. The van der Waals surface area contributed by atoms with Gasteiger partial charge in [-0.15, -0.1) is 0 Å². The van der Waals surface area contributed by atoms with Crippen molar-refractivity contribution in [2.45, 2.75) is 38.5 Å². The van der Waals surface area contributed by atoms with Crippen LogP contribution in [0.1, 0.15) is 24.4 Å². The molecule has 0 aliphatic carbocycles. The van der Waals surface area contributed by atoms with Crippen LogP contribution in [0.2, 0.25) is 19.6 Å². The lowest BCUT2D eigenvalue weighted by Gasteiger charge is -2.30. The Kier molecular flexibility index (Phi) is 3.50. The molecular formula is C14H23NSi. The first kappa shape index (κ1) is 11.9. The van der Waals surface area contributed by atoms with Crippen LogP contribution in [0, 0.1) is 0 Å². The Morgan fingerprint density at radius 1 is 1.19 bits per heavy atom. The first-order chi connectivity index (χ1) is 7.56. The van der Waals surface area contributed by atoms with Crippen LogP contribution in [-0.4, -0.2) is 25.7 Å². The number of benzene rings is 1. The first-order valence-electron chi connectivity index (χ1n) is 6.35. The summed E-state index contributed by atoms with van der Waals surface area (Å²) in [6.45, 7) is 8.69. The maximum atomic E-state index is 2.71. The lowest BCUT2D eigenvalue weighted by atomic mass is 10.1. The third-order valence-electron chi connectivity index (χ3n) is 3.23. The van der Waals surface area contributed by atoms with Crippen LogP contribution in [0.15, 0.2) is 30.3 Å². The molecule has 16 heavy (non-hydrogen) atoms. The highest BCUT2D eigenvalue weighted by atomic mass is 28.3. The highest BCUT2D eigenvalue weighted by Crippen LogP contribution is 2.32. The normalized spacial score (nSPS) is 22.6. The Bertz CT molecular complexity index is 328.